The summed E-state index contributed by atoms with van der Waals surface area (Å²) >= 11 is 0. The zero-order valence-electron chi connectivity index (χ0n) is 9.10. The van der Waals surface area contributed by atoms with Crippen LogP contribution in [0.25, 0.3) is 0 Å². The standard InChI is InChI=1S/C10H16O5/c1-4-5-6-7(9(12)14-2)8(11)10(13)15-3/h4-5,7-8,11H,6H2,1-3H3/b5-4+/t7-,8+/m1/s1. The molecule has 0 aliphatic rings. The highest BCUT2D eigenvalue weighted by molar-refractivity contribution is 5.83. The largest absolute Gasteiger partial charge is 0.469 e. The van der Waals surface area contributed by atoms with Gasteiger partial charge in [-0.1, -0.05) is 12.2 Å². The lowest BCUT2D eigenvalue weighted by Gasteiger charge is -2.17. The van der Waals surface area contributed by atoms with Crippen LogP contribution in [0.1, 0.15) is 13.3 Å². The molecule has 0 radical (unpaired) electrons. The highest BCUT2D eigenvalue weighted by Crippen LogP contribution is 2.13. The normalized spacial score (nSPS) is 14.7. The number of carbonyl (C=O) groups is 2. The minimum Gasteiger partial charge on any atom is -0.469 e. The first-order valence-corrected chi connectivity index (χ1v) is 4.53. The van der Waals surface area contributed by atoms with Crippen LogP contribution in [0.5, 0.6) is 0 Å². The second kappa shape index (κ2) is 7.00. The molecular weight excluding hydrogens is 200 g/mol. The third-order valence-corrected chi connectivity index (χ3v) is 1.95. The summed E-state index contributed by atoms with van der Waals surface area (Å²) in [6, 6.07) is 0. The molecule has 0 fully saturated rings. The Kier molecular flexibility index (Phi) is 6.37. The van der Waals surface area contributed by atoms with E-state index in [9.17, 15) is 14.7 Å². The van der Waals surface area contributed by atoms with Gasteiger partial charge in [0.2, 0.25) is 0 Å². The van der Waals surface area contributed by atoms with Crippen molar-refractivity contribution in [2.45, 2.75) is 19.4 Å². The first kappa shape index (κ1) is 13.6. The van der Waals surface area contributed by atoms with Gasteiger partial charge in [0.25, 0.3) is 0 Å². The van der Waals surface area contributed by atoms with E-state index in [4.69, 9.17) is 0 Å². The average Bonchev–Trinajstić information content (AvgIpc) is 2.27. The molecule has 0 saturated heterocycles. The van der Waals surface area contributed by atoms with Gasteiger partial charge in [0.15, 0.2) is 6.10 Å². The van der Waals surface area contributed by atoms with E-state index in [-0.39, 0.29) is 6.42 Å². The first-order valence-electron chi connectivity index (χ1n) is 4.53. The van der Waals surface area contributed by atoms with Gasteiger partial charge in [-0.05, 0) is 13.3 Å². The number of hydrogen-bond donors (Lipinski definition) is 1. The molecule has 86 valence electrons. The molecule has 0 unspecified atom stereocenters. The first-order chi connectivity index (χ1) is 7.08. The molecule has 0 aliphatic carbocycles. The second-order valence-corrected chi connectivity index (χ2v) is 2.90. The van der Waals surface area contributed by atoms with Gasteiger partial charge in [-0.15, -0.1) is 0 Å². The summed E-state index contributed by atoms with van der Waals surface area (Å²) in [6.07, 6.45) is 2.14. The summed E-state index contributed by atoms with van der Waals surface area (Å²) in [4.78, 5) is 22.3. The van der Waals surface area contributed by atoms with E-state index in [0.717, 1.165) is 7.11 Å². The molecule has 0 saturated carbocycles. The smallest absolute Gasteiger partial charge is 0.335 e. The molecular formula is C10H16O5. The molecule has 1 N–H and O–H groups in total. The number of hydrogen-bond acceptors (Lipinski definition) is 5. The van der Waals surface area contributed by atoms with Crippen molar-refractivity contribution in [1.82, 2.24) is 0 Å². The number of rotatable bonds is 5. The third kappa shape index (κ3) is 4.12. The lowest BCUT2D eigenvalue weighted by molar-refractivity contribution is -0.163. The fourth-order valence-electron chi connectivity index (χ4n) is 1.07. The minimum absolute atomic E-state index is 0.236. The number of ether oxygens (including phenoxy) is 2. The summed E-state index contributed by atoms with van der Waals surface area (Å²) in [7, 11) is 2.35. The van der Waals surface area contributed by atoms with E-state index >= 15 is 0 Å². The topological polar surface area (TPSA) is 72.8 Å². The summed E-state index contributed by atoms with van der Waals surface area (Å²) < 4.78 is 8.83. The third-order valence-electron chi connectivity index (χ3n) is 1.95. The van der Waals surface area contributed by atoms with Crippen LogP contribution < -0.4 is 0 Å². The van der Waals surface area contributed by atoms with Gasteiger partial charge in [0, 0.05) is 0 Å². The van der Waals surface area contributed by atoms with E-state index in [1.165, 1.54) is 7.11 Å². The Morgan fingerprint density at radius 1 is 1.27 bits per heavy atom. The Balaban J connectivity index is 4.60. The van der Waals surface area contributed by atoms with Crippen molar-refractivity contribution in [2.24, 2.45) is 5.92 Å². The maximum Gasteiger partial charge on any atom is 0.335 e. The molecule has 15 heavy (non-hydrogen) atoms. The molecule has 0 bridgehead atoms. The number of allylic oxidation sites excluding steroid dienone is 2. The van der Waals surface area contributed by atoms with Crippen molar-refractivity contribution in [3.63, 3.8) is 0 Å². The molecule has 0 aromatic heterocycles. The number of carbonyl (C=O) groups excluding carboxylic acids is 2. The van der Waals surface area contributed by atoms with Crippen molar-refractivity contribution >= 4 is 11.9 Å². The van der Waals surface area contributed by atoms with E-state index in [0.29, 0.717) is 0 Å². The highest BCUT2D eigenvalue weighted by atomic mass is 16.5. The van der Waals surface area contributed by atoms with Crippen LogP contribution in [0.3, 0.4) is 0 Å². The molecule has 5 nitrogen and oxygen atoms in total. The number of aliphatic hydroxyl groups is 1. The van der Waals surface area contributed by atoms with Gasteiger partial charge < -0.3 is 14.6 Å². The van der Waals surface area contributed by atoms with Crippen molar-refractivity contribution in [1.29, 1.82) is 0 Å². The van der Waals surface area contributed by atoms with Crippen molar-refractivity contribution in [2.75, 3.05) is 14.2 Å². The van der Waals surface area contributed by atoms with Crippen LogP contribution in [0, 0.1) is 5.92 Å². The quantitative estimate of drug-likeness (QED) is 0.527. The van der Waals surface area contributed by atoms with Crippen LogP contribution in [0.15, 0.2) is 12.2 Å². The zero-order valence-corrected chi connectivity index (χ0v) is 9.10. The second-order valence-electron chi connectivity index (χ2n) is 2.90. The van der Waals surface area contributed by atoms with E-state index in [1.54, 1.807) is 19.1 Å². The summed E-state index contributed by atoms with van der Waals surface area (Å²) in [5, 5.41) is 9.50. The Bertz CT molecular complexity index is 246. The summed E-state index contributed by atoms with van der Waals surface area (Å²) in [5.74, 6) is -2.39. The highest BCUT2D eigenvalue weighted by Gasteiger charge is 2.32. The average molecular weight is 216 g/mol. The van der Waals surface area contributed by atoms with E-state index < -0.39 is 24.0 Å². The Labute approximate surface area is 88.7 Å². The van der Waals surface area contributed by atoms with Crippen LogP contribution in [-0.4, -0.2) is 37.4 Å². The number of esters is 2. The number of methoxy groups -OCH3 is 2. The molecule has 0 amide bonds. The maximum atomic E-state index is 11.3. The monoisotopic (exact) mass is 216 g/mol. The van der Waals surface area contributed by atoms with Gasteiger partial charge in [-0.25, -0.2) is 4.79 Å². The predicted octanol–water partition coefficient (Wildman–Crippen LogP) is 0.276. The Morgan fingerprint density at radius 2 is 1.80 bits per heavy atom. The molecule has 0 aromatic carbocycles. The Morgan fingerprint density at radius 3 is 2.20 bits per heavy atom. The van der Waals surface area contributed by atoms with Crippen LogP contribution in [0.4, 0.5) is 0 Å². The summed E-state index contributed by atoms with van der Waals surface area (Å²) in [6.45, 7) is 1.78. The van der Waals surface area contributed by atoms with Gasteiger partial charge >= 0.3 is 11.9 Å². The van der Waals surface area contributed by atoms with Gasteiger partial charge in [0.1, 0.15) is 0 Å². The van der Waals surface area contributed by atoms with Gasteiger partial charge in [-0.2, -0.15) is 0 Å². The van der Waals surface area contributed by atoms with Gasteiger partial charge in [-0.3, -0.25) is 4.79 Å². The zero-order chi connectivity index (χ0) is 11.8. The SMILES string of the molecule is C/C=C/C[C@@H](C(=O)OC)[C@H](O)C(=O)OC. The number of aliphatic hydroxyl groups excluding tert-OH is 1. The fourth-order valence-corrected chi connectivity index (χ4v) is 1.07. The fraction of sp³-hybridized carbons (Fsp3) is 0.600. The van der Waals surface area contributed by atoms with E-state index in [2.05, 4.69) is 9.47 Å². The minimum atomic E-state index is -1.49. The summed E-state index contributed by atoms with van der Waals surface area (Å²) in [5.41, 5.74) is 0. The van der Waals surface area contributed by atoms with Crippen molar-refractivity contribution < 1.29 is 24.2 Å². The molecule has 0 aromatic rings. The van der Waals surface area contributed by atoms with E-state index in [1.807, 2.05) is 0 Å². The molecule has 0 heterocycles. The molecule has 2 atom stereocenters. The molecule has 5 heteroatoms. The van der Waals surface area contributed by atoms with Crippen LogP contribution >= 0.6 is 0 Å². The Hall–Kier alpha value is -1.36. The lowest BCUT2D eigenvalue weighted by atomic mass is 9.98. The lowest BCUT2D eigenvalue weighted by Crippen LogP contribution is -2.36. The van der Waals surface area contributed by atoms with Crippen molar-refractivity contribution in [3.8, 4) is 0 Å². The molecule has 0 rings (SSSR count). The maximum absolute atomic E-state index is 11.3. The molecule has 0 spiro atoms. The van der Waals surface area contributed by atoms with Gasteiger partial charge in [0.05, 0.1) is 20.1 Å². The van der Waals surface area contributed by atoms with Crippen LogP contribution in [0.2, 0.25) is 0 Å². The van der Waals surface area contributed by atoms with Crippen LogP contribution in [-0.2, 0) is 19.1 Å². The van der Waals surface area contributed by atoms with Crippen molar-refractivity contribution in [3.05, 3.63) is 12.2 Å². The molecule has 0 aliphatic heterocycles. The predicted molar refractivity (Wildman–Crippen MR) is 53.0 cm³/mol.